The van der Waals surface area contributed by atoms with E-state index in [2.05, 4.69) is 0 Å². The van der Waals surface area contributed by atoms with Crippen LogP contribution in [0.2, 0.25) is 18.1 Å². The largest absolute Gasteiger partial charge is 0.500 e. The standard InChI is InChI=1S/C24H56O11Si3/c1-11-34-18-19-35-23-24(15-12-20-36(25-2,26-3)27-4,16-13-21-37(28-5,29-6)30-7)17-14-22-38(31-8,32-9)33-10/h11-23H2,1-10H3. The lowest BCUT2D eigenvalue weighted by molar-refractivity contribution is -0.00613. The molecule has 0 unspecified atom stereocenters. The maximum absolute atomic E-state index is 6.21. The van der Waals surface area contributed by atoms with E-state index >= 15 is 0 Å². The molecule has 0 fully saturated rings. The summed E-state index contributed by atoms with van der Waals surface area (Å²) in [5.74, 6) is 0. The quantitative estimate of drug-likeness (QED) is 0.100. The molecule has 230 valence electrons. The Bertz CT molecular complexity index is 473. The van der Waals surface area contributed by atoms with Gasteiger partial charge in [-0.2, -0.15) is 0 Å². The van der Waals surface area contributed by atoms with Gasteiger partial charge in [0.05, 0.1) is 19.8 Å². The molecule has 0 aromatic heterocycles. The van der Waals surface area contributed by atoms with Crippen molar-refractivity contribution >= 4 is 26.4 Å². The zero-order chi connectivity index (χ0) is 29.0. The average molecular weight is 605 g/mol. The first-order chi connectivity index (χ1) is 18.2. The lowest BCUT2D eigenvalue weighted by Crippen LogP contribution is -2.44. The van der Waals surface area contributed by atoms with Crippen LogP contribution in [-0.4, -0.2) is 117 Å². The van der Waals surface area contributed by atoms with Crippen LogP contribution in [0.3, 0.4) is 0 Å². The zero-order valence-corrected chi connectivity index (χ0v) is 28.7. The first-order valence-corrected chi connectivity index (χ1v) is 19.1. The fraction of sp³-hybridized carbons (Fsp3) is 1.00. The number of ether oxygens (including phenoxy) is 2. The molecule has 0 saturated carbocycles. The molecule has 0 aromatic rings. The fourth-order valence-corrected chi connectivity index (χ4v) is 10.0. The maximum Gasteiger partial charge on any atom is 0.500 e. The summed E-state index contributed by atoms with van der Waals surface area (Å²) in [4.78, 5) is 0. The predicted octanol–water partition coefficient (Wildman–Crippen LogP) is 4.00. The summed E-state index contributed by atoms with van der Waals surface area (Å²) in [5.41, 5.74) is -0.119. The SMILES string of the molecule is CCOCCOCC(CCC[Si](OC)(OC)OC)(CCC[Si](OC)(OC)OC)CCC[Si](OC)(OC)OC. The molecular weight excluding hydrogens is 549 g/mol. The highest BCUT2D eigenvalue weighted by Gasteiger charge is 2.42. The molecule has 0 aromatic carbocycles. The van der Waals surface area contributed by atoms with E-state index in [4.69, 9.17) is 49.3 Å². The Morgan fingerprint density at radius 2 is 0.737 bits per heavy atom. The maximum atomic E-state index is 6.21. The van der Waals surface area contributed by atoms with Gasteiger partial charge in [-0.1, -0.05) is 0 Å². The minimum atomic E-state index is -2.69. The van der Waals surface area contributed by atoms with Crippen molar-refractivity contribution < 1.29 is 49.3 Å². The van der Waals surface area contributed by atoms with E-state index in [1.54, 1.807) is 64.0 Å². The van der Waals surface area contributed by atoms with Crippen molar-refractivity contribution in [2.75, 3.05) is 90.4 Å². The van der Waals surface area contributed by atoms with Crippen molar-refractivity contribution in [1.82, 2.24) is 0 Å². The van der Waals surface area contributed by atoms with Crippen LogP contribution >= 0.6 is 0 Å². The van der Waals surface area contributed by atoms with Crippen LogP contribution in [0.4, 0.5) is 0 Å². The molecule has 0 spiro atoms. The van der Waals surface area contributed by atoms with Crippen LogP contribution in [0.5, 0.6) is 0 Å². The minimum absolute atomic E-state index is 0.119. The number of rotatable bonds is 27. The van der Waals surface area contributed by atoms with E-state index < -0.39 is 26.4 Å². The van der Waals surface area contributed by atoms with Gasteiger partial charge in [0.1, 0.15) is 0 Å². The van der Waals surface area contributed by atoms with Gasteiger partial charge in [0, 0.05) is 88.7 Å². The summed E-state index contributed by atoms with van der Waals surface area (Å²) in [6, 6.07) is 2.16. The Hall–Kier alpha value is 0.211. The number of hydrogen-bond donors (Lipinski definition) is 0. The van der Waals surface area contributed by atoms with Crippen molar-refractivity contribution in [1.29, 1.82) is 0 Å². The topological polar surface area (TPSA) is 102 Å². The molecule has 38 heavy (non-hydrogen) atoms. The van der Waals surface area contributed by atoms with Crippen molar-refractivity contribution in [3.05, 3.63) is 0 Å². The molecule has 11 nitrogen and oxygen atoms in total. The van der Waals surface area contributed by atoms with E-state index in [0.29, 0.717) is 26.4 Å². The van der Waals surface area contributed by atoms with E-state index in [-0.39, 0.29) is 5.41 Å². The number of hydrogen-bond acceptors (Lipinski definition) is 11. The predicted molar refractivity (Wildman–Crippen MR) is 152 cm³/mol. The summed E-state index contributed by atoms with van der Waals surface area (Å²) in [6.07, 6.45) is 5.36. The Balaban J connectivity index is 5.81. The Morgan fingerprint density at radius 1 is 0.447 bits per heavy atom. The molecule has 14 heteroatoms. The first-order valence-electron chi connectivity index (χ1n) is 13.3. The van der Waals surface area contributed by atoms with Gasteiger partial charge in [0.2, 0.25) is 0 Å². The van der Waals surface area contributed by atoms with Gasteiger partial charge in [-0.05, 0) is 50.9 Å². The van der Waals surface area contributed by atoms with Crippen molar-refractivity contribution in [3.8, 4) is 0 Å². The van der Waals surface area contributed by atoms with Gasteiger partial charge in [-0.15, -0.1) is 0 Å². The third kappa shape index (κ3) is 12.8. The van der Waals surface area contributed by atoms with Gasteiger partial charge < -0.3 is 49.3 Å². The Kier molecular flexibility index (Phi) is 21.1. The smallest absolute Gasteiger partial charge is 0.379 e. The van der Waals surface area contributed by atoms with Crippen LogP contribution in [0.1, 0.15) is 45.4 Å². The third-order valence-electron chi connectivity index (χ3n) is 7.35. The van der Waals surface area contributed by atoms with Crippen molar-refractivity contribution in [3.63, 3.8) is 0 Å². The highest BCUT2D eigenvalue weighted by molar-refractivity contribution is 6.61. The second-order valence-electron chi connectivity index (χ2n) is 9.20. The summed E-state index contributed by atoms with van der Waals surface area (Å²) in [5, 5.41) is 0. The molecule has 0 aliphatic rings. The molecule has 0 radical (unpaired) electrons. The monoisotopic (exact) mass is 604 g/mol. The third-order valence-corrected chi connectivity index (χ3v) is 15.8. The normalized spacial score (nSPS) is 13.4. The molecule has 0 rings (SSSR count). The highest BCUT2D eigenvalue weighted by atomic mass is 28.4. The molecule has 0 aliphatic heterocycles. The fourth-order valence-electron chi connectivity index (χ4n) is 4.85. The van der Waals surface area contributed by atoms with Crippen LogP contribution in [0.15, 0.2) is 0 Å². The Morgan fingerprint density at radius 3 is 1.00 bits per heavy atom. The summed E-state index contributed by atoms with van der Waals surface area (Å²) in [6.45, 7) is 4.37. The minimum Gasteiger partial charge on any atom is -0.379 e. The molecule has 0 saturated heterocycles. The van der Waals surface area contributed by atoms with Crippen molar-refractivity contribution in [2.24, 2.45) is 5.41 Å². The Labute approximate surface area is 235 Å². The van der Waals surface area contributed by atoms with Crippen LogP contribution in [0, 0.1) is 5.41 Å². The van der Waals surface area contributed by atoms with Gasteiger partial charge in [0.25, 0.3) is 0 Å². The van der Waals surface area contributed by atoms with Gasteiger partial charge in [-0.25, -0.2) is 0 Å². The second-order valence-corrected chi connectivity index (χ2v) is 18.5. The second kappa shape index (κ2) is 21.0. The molecule has 0 N–H and O–H groups in total. The van der Waals surface area contributed by atoms with Gasteiger partial charge >= 0.3 is 26.4 Å². The molecular formula is C24H56O11Si3. The molecule has 0 bridgehead atoms. The van der Waals surface area contributed by atoms with E-state index in [9.17, 15) is 0 Å². The van der Waals surface area contributed by atoms with E-state index in [1.807, 2.05) is 6.92 Å². The molecule has 0 amide bonds. The molecule has 0 atom stereocenters. The molecule has 0 heterocycles. The van der Waals surface area contributed by atoms with E-state index in [0.717, 1.165) is 56.7 Å². The van der Waals surface area contributed by atoms with Crippen LogP contribution in [0.25, 0.3) is 0 Å². The van der Waals surface area contributed by atoms with E-state index in [1.165, 1.54) is 0 Å². The zero-order valence-electron chi connectivity index (χ0n) is 25.7. The summed E-state index contributed by atoms with van der Waals surface area (Å²) in [7, 11) is 6.79. The molecule has 0 aliphatic carbocycles. The van der Waals surface area contributed by atoms with Crippen LogP contribution in [-0.2, 0) is 49.3 Å². The lowest BCUT2D eigenvalue weighted by atomic mass is 9.76. The van der Waals surface area contributed by atoms with Gasteiger partial charge in [0.15, 0.2) is 0 Å². The van der Waals surface area contributed by atoms with Gasteiger partial charge in [-0.3, -0.25) is 0 Å². The summed E-state index contributed by atoms with van der Waals surface area (Å²) < 4.78 is 62.8. The lowest BCUT2D eigenvalue weighted by Gasteiger charge is -2.36. The first kappa shape index (κ1) is 38.2. The van der Waals surface area contributed by atoms with Crippen molar-refractivity contribution in [2.45, 2.75) is 63.6 Å². The highest BCUT2D eigenvalue weighted by Crippen LogP contribution is 2.40. The summed E-state index contributed by atoms with van der Waals surface area (Å²) >= 11 is 0. The average Bonchev–Trinajstić information content (AvgIpc) is 2.96. The van der Waals surface area contributed by atoms with Crippen LogP contribution < -0.4 is 0 Å².